The molecule has 3 amide bonds. The molecule has 3 rings (SSSR count). The Bertz CT molecular complexity index is 894. The van der Waals surface area contributed by atoms with Gasteiger partial charge < -0.3 is 24.5 Å². The second kappa shape index (κ2) is 10.3. The topological polar surface area (TPSA) is 90.4 Å². The molecular formula is C28H45N3O5. The summed E-state index contributed by atoms with van der Waals surface area (Å²) in [4.78, 5) is 47.5. The SMILES string of the molecule is C=CCN(CCC)C(=O)[C@@H]1[C@H]2C(=O)N([C@@H](CC)CO)C(C(=O)N(CC=C)C(C)(C)C)C23CC[C@@]1(C)O3. The van der Waals surface area contributed by atoms with E-state index in [0.717, 1.165) is 6.42 Å². The van der Waals surface area contributed by atoms with Gasteiger partial charge in [0, 0.05) is 25.2 Å². The highest BCUT2D eigenvalue weighted by molar-refractivity contribution is 5.99. The first-order valence-corrected chi connectivity index (χ1v) is 13.3. The smallest absolute Gasteiger partial charge is 0.249 e. The molecule has 3 aliphatic rings. The van der Waals surface area contributed by atoms with E-state index in [2.05, 4.69) is 13.2 Å². The fraction of sp³-hybridized carbons (Fsp3) is 0.750. The van der Waals surface area contributed by atoms with Crippen molar-refractivity contribution in [2.75, 3.05) is 26.2 Å². The van der Waals surface area contributed by atoms with Crippen molar-refractivity contribution < 1.29 is 24.2 Å². The third-order valence-corrected chi connectivity index (χ3v) is 8.33. The third kappa shape index (κ3) is 4.30. The zero-order valence-electron chi connectivity index (χ0n) is 23.0. The Morgan fingerprint density at radius 1 is 1.19 bits per heavy atom. The summed E-state index contributed by atoms with van der Waals surface area (Å²) < 4.78 is 6.74. The van der Waals surface area contributed by atoms with Crippen molar-refractivity contribution in [2.24, 2.45) is 11.8 Å². The van der Waals surface area contributed by atoms with Gasteiger partial charge in [0.1, 0.15) is 11.6 Å². The van der Waals surface area contributed by atoms with Gasteiger partial charge in [-0.15, -0.1) is 13.2 Å². The van der Waals surface area contributed by atoms with Crippen LogP contribution in [0.4, 0.5) is 0 Å². The Labute approximate surface area is 216 Å². The van der Waals surface area contributed by atoms with Gasteiger partial charge in [-0.25, -0.2) is 0 Å². The molecule has 36 heavy (non-hydrogen) atoms. The van der Waals surface area contributed by atoms with Gasteiger partial charge in [0.15, 0.2) is 0 Å². The fourth-order valence-electron chi connectivity index (χ4n) is 6.71. The van der Waals surface area contributed by atoms with Crippen LogP contribution in [0.3, 0.4) is 0 Å². The van der Waals surface area contributed by atoms with Crippen LogP contribution in [0.2, 0.25) is 0 Å². The number of rotatable bonds is 11. The Morgan fingerprint density at radius 2 is 1.83 bits per heavy atom. The number of hydrogen-bond donors (Lipinski definition) is 1. The summed E-state index contributed by atoms with van der Waals surface area (Å²) >= 11 is 0. The van der Waals surface area contributed by atoms with Crippen LogP contribution >= 0.6 is 0 Å². The molecule has 0 saturated carbocycles. The van der Waals surface area contributed by atoms with Crippen molar-refractivity contribution in [3.8, 4) is 0 Å². The zero-order valence-corrected chi connectivity index (χ0v) is 23.0. The number of aliphatic hydroxyl groups is 1. The van der Waals surface area contributed by atoms with E-state index in [9.17, 15) is 19.5 Å². The van der Waals surface area contributed by atoms with E-state index in [1.807, 2.05) is 41.5 Å². The summed E-state index contributed by atoms with van der Waals surface area (Å²) in [5.74, 6) is -2.07. The molecular weight excluding hydrogens is 458 g/mol. The summed E-state index contributed by atoms with van der Waals surface area (Å²) in [5.41, 5.74) is -2.46. The van der Waals surface area contributed by atoms with E-state index in [4.69, 9.17) is 4.74 Å². The summed E-state index contributed by atoms with van der Waals surface area (Å²) in [5, 5.41) is 10.2. The van der Waals surface area contributed by atoms with Gasteiger partial charge in [-0.3, -0.25) is 14.4 Å². The Kier molecular flexibility index (Phi) is 8.11. The number of carbonyl (C=O) groups is 3. The van der Waals surface area contributed by atoms with Gasteiger partial charge in [0.25, 0.3) is 0 Å². The van der Waals surface area contributed by atoms with E-state index < -0.39 is 40.7 Å². The average molecular weight is 504 g/mol. The van der Waals surface area contributed by atoms with E-state index >= 15 is 0 Å². The van der Waals surface area contributed by atoms with Crippen LogP contribution < -0.4 is 0 Å². The predicted octanol–water partition coefficient (Wildman–Crippen LogP) is 2.76. The second-order valence-electron chi connectivity index (χ2n) is 11.7. The van der Waals surface area contributed by atoms with Crippen LogP contribution in [0, 0.1) is 11.8 Å². The molecule has 3 saturated heterocycles. The molecule has 3 fully saturated rings. The molecule has 0 aromatic rings. The number of aliphatic hydroxyl groups excluding tert-OH is 1. The summed E-state index contributed by atoms with van der Waals surface area (Å²) in [6, 6.07) is -1.45. The Balaban J connectivity index is 2.16. The lowest BCUT2D eigenvalue weighted by Crippen LogP contribution is -2.61. The molecule has 0 aromatic heterocycles. The summed E-state index contributed by atoms with van der Waals surface area (Å²) in [7, 11) is 0. The van der Waals surface area contributed by atoms with E-state index in [1.165, 1.54) is 0 Å². The number of nitrogens with zero attached hydrogens (tertiary/aromatic N) is 3. The molecule has 1 N–H and O–H groups in total. The van der Waals surface area contributed by atoms with Crippen molar-refractivity contribution in [1.82, 2.24) is 14.7 Å². The monoisotopic (exact) mass is 503 g/mol. The number of carbonyl (C=O) groups excluding carboxylic acids is 3. The predicted molar refractivity (Wildman–Crippen MR) is 139 cm³/mol. The van der Waals surface area contributed by atoms with Crippen molar-refractivity contribution in [2.45, 2.75) is 96.1 Å². The van der Waals surface area contributed by atoms with Crippen molar-refractivity contribution in [3.63, 3.8) is 0 Å². The molecule has 0 radical (unpaired) electrons. The highest BCUT2D eigenvalue weighted by Gasteiger charge is 2.78. The summed E-state index contributed by atoms with van der Waals surface area (Å²) in [6.07, 6.45) is 5.75. The number of hydrogen-bond acceptors (Lipinski definition) is 5. The van der Waals surface area contributed by atoms with Gasteiger partial charge >= 0.3 is 0 Å². The average Bonchev–Trinajstić information content (AvgIpc) is 3.38. The molecule has 3 aliphatic heterocycles. The van der Waals surface area contributed by atoms with E-state index in [-0.39, 0.29) is 24.3 Å². The highest BCUT2D eigenvalue weighted by Crippen LogP contribution is 2.64. The zero-order chi connectivity index (χ0) is 27.1. The minimum Gasteiger partial charge on any atom is -0.394 e. The first-order chi connectivity index (χ1) is 16.9. The van der Waals surface area contributed by atoms with E-state index in [1.54, 1.807) is 26.9 Å². The maximum Gasteiger partial charge on any atom is 0.249 e. The van der Waals surface area contributed by atoms with Crippen LogP contribution in [0.15, 0.2) is 25.3 Å². The molecule has 1 spiro atoms. The first kappa shape index (κ1) is 28.4. The fourth-order valence-corrected chi connectivity index (χ4v) is 6.71. The summed E-state index contributed by atoms with van der Waals surface area (Å²) in [6.45, 7) is 20.3. The minimum atomic E-state index is -1.11. The van der Waals surface area contributed by atoms with Crippen LogP contribution in [-0.2, 0) is 19.1 Å². The van der Waals surface area contributed by atoms with E-state index in [0.29, 0.717) is 38.9 Å². The normalized spacial score (nSPS) is 31.8. The number of ether oxygens (including phenoxy) is 1. The minimum absolute atomic E-state index is 0.122. The molecule has 0 aromatic carbocycles. The standard InChI is InChI=1S/C28H45N3O5/c1-9-15-29(16-10-2)23(33)20-21-24(34)31(19(12-4)18-32)22(28(21)14-13-27(20,8)36-28)25(35)30(17-11-3)26(5,6)7/h9,11,19-22,32H,1,3,10,12-18H2,2,4-8H3/t19-,20-,21-,22?,27+,28?/m0/s1. The van der Waals surface area contributed by atoms with Gasteiger partial charge in [-0.05, 0) is 53.4 Å². The molecule has 2 unspecified atom stereocenters. The van der Waals surface area contributed by atoms with Gasteiger partial charge in [0.2, 0.25) is 17.7 Å². The quantitative estimate of drug-likeness (QED) is 0.438. The van der Waals surface area contributed by atoms with Gasteiger partial charge in [-0.2, -0.15) is 0 Å². The highest BCUT2D eigenvalue weighted by atomic mass is 16.5. The first-order valence-electron chi connectivity index (χ1n) is 13.3. The van der Waals surface area contributed by atoms with Crippen molar-refractivity contribution in [1.29, 1.82) is 0 Å². The number of fused-ring (bicyclic) bond motifs is 1. The van der Waals surface area contributed by atoms with Crippen molar-refractivity contribution in [3.05, 3.63) is 25.3 Å². The van der Waals surface area contributed by atoms with Gasteiger partial charge in [-0.1, -0.05) is 26.0 Å². The third-order valence-electron chi connectivity index (χ3n) is 8.33. The number of likely N-dealkylation sites (tertiary alicyclic amines) is 1. The lowest BCUT2D eigenvalue weighted by atomic mass is 9.66. The molecule has 8 heteroatoms. The van der Waals surface area contributed by atoms with Gasteiger partial charge in [0.05, 0.1) is 30.1 Å². The van der Waals surface area contributed by atoms with Crippen LogP contribution in [0.25, 0.3) is 0 Å². The Hall–Kier alpha value is -2.19. The Morgan fingerprint density at radius 3 is 2.33 bits per heavy atom. The maximum absolute atomic E-state index is 14.3. The van der Waals surface area contributed by atoms with Crippen LogP contribution in [0.1, 0.15) is 67.2 Å². The van der Waals surface area contributed by atoms with Crippen molar-refractivity contribution >= 4 is 17.7 Å². The molecule has 2 bridgehead atoms. The molecule has 3 heterocycles. The molecule has 202 valence electrons. The molecule has 0 aliphatic carbocycles. The second-order valence-corrected chi connectivity index (χ2v) is 11.7. The maximum atomic E-state index is 14.3. The largest absolute Gasteiger partial charge is 0.394 e. The number of amides is 3. The lowest BCUT2D eigenvalue weighted by molar-refractivity contribution is -0.159. The molecule has 6 atom stereocenters. The van der Waals surface area contributed by atoms with Crippen LogP contribution in [-0.4, -0.2) is 92.6 Å². The molecule has 8 nitrogen and oxygen atoms in total. The lowest BCUT2D eigenvalue weighted by Gasteiger charge is -2.43. The van der Waals surface area contributed by atoms with Crippen LogP contribution in [0.5, 0.6) is 0 Å².